The number of likely N-dealkylation sites (tertiary alicyclic amines) is 1. The van der Waals surface area contributed by atoms with Gasteiger partial charge >= 0.3 is 0 Å². The number of pyridine rings is 1. The predicted molar refractivity (Wildman–Crippen MR) is 104 cm³/mol. The first-order valence-electron chi connectivity index (χ1n) is 10.3. The number of nitrogens with zero attached hydrogens (tertiary/aromatic N) is 2. The summed E-state index contributed by atoms with van der Waals surface area (Å²) in [5.74, 6) is 0.661. The van der Waals surface area contributed by atoms with E-state index in [1.807, 2.05) is 12.3 Å². The minimum absolute atomic E-state index is 0.201. The van der Waals surface area contributed by atoms with E-state index in [1.54, 1.807) is 0 Å². The molecule has 1 saturated carbocycles. The zero-order valence-corrected chi connectivity index (χ0v) is 16.0. The second-order valence-corrected chi connectivity index (χ2v) is 8.77. The molecule has 4 atom stereocenters. The highest BCUT2D eigenvalue weighted by Crippen LogP contribution is 2.40. The van der Waals surface area contributed by atoms with Crippen molar-refractivity contribution in [3.05, 3.63) is 29.6 Å². The van der Waals surface area contributed by atoms with Gasteiger partial charge in [-0.3, -0.25) is 4.90 Å². The Balaban J connectivity index is 1.49. The summed E-state index contributed by atoms with van der Waals surface area (Å²) in [5.41, 5.74) is 3.66. The number of piperidine rings is 1. The van der Waals surface area contributed by atoms with Crippen LogP contribution in [-0.2, 0) is 11.3 Å². The Kier molecular flexibility index (Phi) is 4.68. The summed E-state index contributed by atoms with van der Waals surface area (Å²) in [4.78, 5) is 10.9. The lowest BCUT2D eigenvalue weighted by atomic mass is 9.78. The van der Waals surface area contributed by atoms with Crippen LogP contribution in [0.5, 0.6) is 0 Å². The van der Waals surface area contributed by atoms with E-state index in [-0.39, 0.29) is 6.10 Å². The minimum Gasteiger partial charge on any atom is -0.372 e. The van der Waals surface area contributed by atoms with Gasteiger partial charge in [-0.05, 0) is 55.7 Å². The van der Waals surface area contributed by atoms with Crippen molar-refractivity contribution in [1.82, 2.24) is 14.9 Å². The molecular weight excluding hydrogens is 346 g/mol. The molecule has 2 aromatic rings. The van der Waals surface area contributed by atoms with Crippen LogP contribution in [0, 0.1) is 5.92 Å². The van der Waals surface area contributed by atoms with E-state index in [9.17, 15) is 0 Å². The van der Waals surface area contributed by atoms with Crippen LogP contribution in [0.1, 0.15) is 62.3 Å². The molecule has 140 valence electrons. The number of fused-ring (bicyclic) bond motifs is 2. The van der Waals surface area contributed by atoms with Gasteiger partial charge in [0.15, 0.2) is 0 Å². The third-order valence-electron chi connectivity index (χ3n) is 6.73. The molecule has 1 aliphatic carbocycles. The third-order valence-corrected chi connectivity index (χ3v) is 7.27. The zero-order valence-electron chi connectivity index (χ0n) is 15.3. The van der Waals surface area contributed by atoms with Crippen LogP contribution in [0.2, 0.25) is 0 Å². The molecule has 0 amide bonds. The van der Waals surface area contributed by atoms with Gasteiger partial charge in [-0.1, -0.05) is 12.8 Å². The summed E-state index contributed by atoms with van der Waals surface area (Å²) >= 11 is 6.70. The highest BCUT2D eigenvalue weighted by molar-refractivity contribution is 6.20. The Morgan fingerprint density at radius 1 is 1.19 bits per heavy atom. The van der Waals surface area contributed by atoms with E-state index in [2.05, 4.69) is 20.9 Å². The summed E-state index contributed by atoms with van der Waals surface area (Å²) in [6.07, 6.45) is 10.7. The molecule has 2 aromatic heterocycles. The number of aromatic nitrogens is 2. The first kappa shape index (κ1) is 17.0. The normalized spacial score (nSPS) is 32.8. The average Bonchev–Trinajstić information content (AvgIpc) is 3.32. The molecule has 0 unspecified atom stereocenters. The van der Waals surface area contributed by atoms with Gasteiger partial charge in [0.2, 0.25) is 0 Å². The number of H-pyrrole nitrogens is 1. The Labute approximate surface area is 160 Å². The number of nitrogens with one attached hydrogen (secondary N) is 1. The fourth-order valence-corrected chi connectivity index (χ4v) is 5.82. The topological polar surface area (TPSA) is 41.1 Å². The summed E-state index contributed by atoms with van der Waals surface area (Å²) in [7, 11) is 0. The standard InChI is InChI=1S/C21H28ClN3O/c22-17-9-11-25(18-7-2-1-5-15(17)18)13-16-14-6-3-10-23-21(14)24-20(16)19-8-4-12-26-19/h3,6,10,15,17-19H,1-2,4-5,7-9,11-13H2,(H,23,24)/t15-,17+,18+,19-/m0/s1. The number of hydrogen-bond acceptors (Lipinski definition) is 3. The van der Waals surface area contributed by atoms with Crippen molar-refractivity contribution in [3.8, 4) is 0 Å². The summed E-state index contributed by atoms with van der Waals surface area (Å²) in [6, 6.07) is 4.89. The molecule has 3 fully saturated rings. The first-order valence-corrected chi connectivity index (χ1v) is 10.7. The van der Waals surface area contributed by atoms with Crippen LogP contribution in [-0.4, -0.2) is 39.4 Å². The maximum atomic E-state index is 6.70. The number of rotatable bonds is 3. The highest BCUT2D eigenvalue weighted by atomic mass is 35.5. The van der Waals surface area contributed by atoms with Gasteiger partial charge in [-0.2, -0.15) is 0 Å². The molecule has 4 nitrogen and oxygen atoms in total. The molecule has 0 aromatic carbocycles. The van der Waals surface area contributed by atoms with Crippen molar-refractivity contribution in [1.29, 1.82) is 0 Å². The zero-order chi connectivity index (χ0) is 17.5. The number of hydrogen-bond donors (Lipinski definition) is 1. The van der Waals surface area contributed by atoms with Crippen molar-refractivity contribution >= 4 is 22.6 Å². The second kappa shape index (κ2) is 7.14. The predicted octanol–water partition coefficient (Wildman–Crippen LogP) is 4.79. The van der Waals surface area contributed by atoms with E-state index < -0.39 is 0 Å². The monoisotopic (exact) mass is 373 g/mol. The number of ether oxygens (including phenoxy) is 1. The molecule has 0 bridgehead atoms. The van der Waals surface area contributed by atoms with Crippen molar-refractivity contribution in [2.45, 2.75) is 69.0 Å². The van der Waals surface area contributed by atoms with Gasteiger partial charge in [-0.25, -0.2) is 4.98 Å². The quantitative estimate of drug-likeness (QED) is 0.786. The molecule has 2 aliphatic heterocycles. The van der Waals surface area contributed by atoms with Crippen LogP contribution in [0.15, 0.2) is 18.3 Å². The molecule has 1 N–H and O–H groups in total. The molecule has 0 radical (unpaired) electrons. The van der Waals surface area contributed by atoms with Gasteiger partial charge in [0, 0.05) is 42.7 Å². The summed E-state index contributed by atoms with van der Waals surface area (Å²) in [6.45, 7) is 2.97. The van der Waals surface area contributed by atoms with Crippen molar-refractivity contribution < 1.29 is 4.74 Å². The Morgan fingerprint density at radius 2 is 2.12 bits per heavy atom. The number of aromatic amines is 1. The fraction of sp³-hybridized carbons (Fsp3) is 0.667. The Hall–Kier alpha value is -1.10. The molecule has 5 rings (SSSR count). The van der Waals surface area contributed by atoms with Crippen molar-refractivity contribution in [2.75, 3.05) is 13.2 Å². The second-order valence-electron chi connectivity index (χ2n) is 8.21. The molecular formula is C21H28ClN3O. The largest absolute Gasteiger partial charge is 0.372 e. The van der Waals surface area contributed by atoms with Crippen LogP contribution in [0.4, 0.5) is 0 Å². The lowest BCUT2D eigenvalue weighted by molar-refractivity contribution is 0.0562. The average molecular weight is 374 g/mol. The first-order chi connectivity index (χ1) is 12.8. The van der Waals surface area contributed by atoms with Gasteiger partial charge in [0.05, 0.1) is 11.8 Å². The molecule has 3 aliphatic rings. The van der Waals surface area contributed by atoms with Gasteiger partial charge < -0.3 is 9.72 Å². The maximum Gasteiger partial charge on any atom is 0.137 e. The van der Waals surface area contributed by atoms with Crippen LogP contribution >= 0.6 is 11.6 Å². The molecule has 5 heteroatoms. The van der Waals surface area contributed by atoms with E-state index in [0.29, 0.717) is 17.3 Å². The lowest BCUT2D eigenvalue weighted by Crippen LogP contribution is -2.50. The van der Waals surface area contributed by atoms with E-state index in [4.69, 9.17) is 16.3 Å². The SMILES string of the molecule is Cl[C@@H]1CCN(Cc2c([C@@H]3CCCO3)[nH]c3ncccc23)[C@@H]2CCCC[C@@H]12. The van der Waals surface area contributed by atoms with E-state index >= 15 is 0 Å². The summed E-state index contributed by atoms with van der Waals surface area (Å²) < 4.78 is 6.02. The minimum atomic E-state index is 0.201. The number of alkyl halides is 1. The van der Waals surface area contributed by atoms with Crippen LogP contribution in [0.25, 0.3) is 11.0 Å². The highest BCUT2D eigenvalue weighted by Gasteiger charge is 2.39. The Bertz CT molecular complexity index is 770. The van der Waals surface area contributed by atoms with Crippen LogP contribution in [0.3, 0.4) is 0 Å². The molecule has 0 spiro atoms. The van der Waals surface area contributed by atoms with Gasteiger partial charge in [-0.15, -0.1) is 11.6 Å². The maximum absolute atomic E-state index is 6.70. The Morgan fingerprint density at radius 3 is 3.00 bits per heavy atom. The molecule has 4 heterocycles. The van der Waals surface area contributed by atoms with Crippen molar-refractivity contribution in [3.63, 3.8) is 0 Å². The fourth-order valence-electron chi connectivity index (χ4n) is 5.43. The van der Waals surface area contributed by atoms with Crippen LogP contribution < -0.4 is 0 Å². The van der Waals surface area contributed by atoms with E-state index in [1.165, 1.54) is 42.3 Å². The molecule has 26 heavy (non-hydrogen) atoms. The van der Waals surface area contributed by atoms with Crippen molar-refractivity contribution in [2.24, 2.45) is 5.92 Å². The third kappa shape index (κ3) is 2.96. The number of halogens is 1. The lowest BCUT2D eigenvalue weighted by Gasteiger charge is -2.46. The summed E-state index contributed by atoms with van der Waals surface area (Å²) in [5, 5.41) is 1.62. The van der Waals surface area contributed by atoms with Gasteiger partial charge in [0.25, 0.3) is 0 Å². The van der Waals surface area contributed by atoms with Gasteiger partial charge in [0.1, 0.15) is 5.65 Å². The molecule has 2 saturated heterocycles. The smallest absolute Gasteiger partial charge is 0.137 e. The van der Waals surface area contributed by atoms with E-state index in [0.717, 1.165) is 44.6 Å².